The van der Waals surface area contributed by atoms with Crippen molar-refractivity contribution in [2.45, 2.75) is 12.6 Å². The summed E-state index contributed by atoms with van der Waals surface area (Å²) in [4.78, 5) is 30.0. The van der Waals surface area contributed by atoms with E-state index in [0.29, 0.717) is 18.7 Å². The van der Waals surface area contributed by atoms with Gasteiger partial charge in [0.1, 0.15) is 11.9 Å². The normalized spacial score (nSPS) is 12.1. The summed E-state index contributed by atoms with van der Waals surface area (Å²) in [6, 6.07) is 20.1. The van der Waals surface area contributed by atoms with E-state index in [1.54, 1.807) is 13.3 Å². The van der Waals surface area contributed by atoms with Gasteiger partial charge in [0.05, 0.1) is 23.2 Å². The molecule has 1 atom stereocenters. The number of benzene rings is 2. The maximum Gasteiger partial charge on any atom is 0.253 e. The third kappa shape index (κ3) is 4.27. The lowest BCUT2D eigenvalue weighted by molar-refractivity contribution is 0.0940. The number of aryl methyl sites for hydroxylation is 1. The first-order valence-electron chi connectivity index (χ1n) is 10.0. The minimum atomic E-state index is -0.453. The van der Waals surface area contributed by atoms with Crippen LogP contribution in [0.3, 0.4) is 0 Å². The van der Waals surface area contributed by atoms with E-state index in [1.807, 2.05) is 66.2 Å². The van der Waals surface area contributed by atoms with Crippen LogP contribution in [0.4, 0.5) is 0 Å². The van der Waals surface area contributed by atoms with Gasteiger partial charge in [-0.05, 0) is 23.8 Å². The molecular formula is C24H24N4O3. The third-order valence-corrected chi connectivity index (χ3v) is 5.27. The molecule has 2 aromatic heterocycles. The van der Waals surface area contributed by atoms with Gasteiger partial charge in [0.15, 0.2) is 0 Å². The van der Waals surface area contributed by atoms with Crippen LogP contribution in [0.5, 0.6) is 0 Å². The van der Waals surface area contributed by atoms with Crippen LogP contribution in [0.25, 0.3) is 11.0 Å². The van der Waals surface area contributed by atoms with Crippen molar-refractivity contribution < 1.29 is 9.53 Å². The van der Waals surface area contributed by atoms with Crippen molar-refractivity contribution in [3.63, 3.8) is 0 Å². The first-order valence-corrected chi connectivity index (χ1v) is 10.0. The van der Waals surface area contributed by atoms with Crippen LogP contribution in [0.15, 0.2) is 77.7 Å². The highest BCUT2D eigenvalue weighted by Crippen LogP contribution is 2.25. The van der Waals surface area contributed by atoms with Crippen molar-refractivity contribution >= 4 is 16.9 Å². The van der Waals surface area contributed by atoms with Crippen molar-refractivity contribution in [2.24, 2.45) is 7.05 Å². The predicted molar refractivity (Wildman–Crippen MR) is 119 cm³/mol. The molecule has 2 heterocycles. The summed E-state index contributed by atoms with van der Waals surface area (Å²) in [5, 5.41) is 3.10. The fraction of sp³-hybridized carbons (Fsp3) is 0.208. The summed E-state index contributed by atoms with van der Waals surface area (Å²) in [6.07, 6.45) is 1.56. The highest BCUT2D eigenvalue weighted by molar-refractivity contribution is 5.94. The van der Waals surface area contributed by atoms with Gasteiger partial charge in [-0.1, -0.05) is 42.5 Å². The Bertz CT molecular complexity index is 1260. The number of carbonyl (C=O) groups excluding carboxylic acids is 1. The zero-order chi connectivity index (χ0) is 21.8. The van der Waals surface area contributed by atoms with E-state index in [9.17, 15) is 9.59 Å². The van der Waals surface area contributed by atoms with Crippen molar-refractivity contribution in [1.29, 1.82) is 0 Å². The molecule has 0 fully saturated rings. The summed E-state index contributed by atoms with van der Waals surface area (Å²) >= 11 is 0. The number of methoxy groups -OCH3 is 1. The summed E-state index contributed by atoms with van der Waals surface area (Å²) < 4.78 is 8.52. The number of imidazole rings is 1. The molecule has 4 aromatic rings. The number of para-hydroxylation sites is 2. The SMILES string of the molecule is COCCn1cc(C(=O)NC(c2ccccc2)c2nc3ccccc3n2C)ccc1=O. The number of nitrogens with zero attached hydrogens (tertiary/aromatic N) is 3. The number of ether oxygens (including phenoxy) is 1. The minimum Gasteiger partial charge on any atom is -0.383 e. The van der Waals surface area contributed by atoms with E-state index >= 15 is 0 Å². The average molecular weight is 416 g/mol. The number of hydrogen-bond acceptors (Lipinski definition) is 4. The van der Waals surface area contributed by atoms with Crippen molar-refractivity contribution in [1.82, 2.24) is 19.4 Å². The smallest absolute Gasteiger partial charge is 0.253 e. The summed E-state index contributed by atoms with van der Waals surface area (Å²) in [5.41, 5.74) is 2.99. The molecule has 31 heavy (non-hydrogen) atoms. The van der Waals surface area contributed by atoms with Crippen LogP contribution in [-0.4, -0.2) is 33.7 Å². The Kier molecular flexibility index (Phi) is 5.95. The predicted octanol–water partition coefficient (Wildman–Crippen LogP) is 2.90. The number of fused-ring (bicyclic) bond motifs is 1. The van der Waals surface area contributed by atoms with E-state index in [2.05, 4.69) is 5.32 Å². The van der Waals surface area contributed by atoms with E-state index in [0.717, 1.165) is 22.4 Å². The molecule has 0 aliphatic rings. The molecule has 4 rings (SSSR count). The van der Waals surface area contributed by atoms with Gasteiger partial charge >= 0.3 is 0 Å². The van der Waals surface area contributed by atoms with E-state index < -0.39 is 6.04 Å². The number of hydrogen-bond donors (Lipinski definition) is 1. The molecule has 0 saturated heterocycles. The van der Waals surface area contributed by atoms with Gasteiger partial charge in [0.2, 0.25) is 0 Å². The van der Waals surface area contributed by atoms with E-state index in [-0.39, 0.29) is 11.5 Å². The molecule has 0 bridgehead atoms. The quantitative estimate of drug-likeness (QED) is 0.503. The van der Waals surface area contributed by atoms with Gasteiger partial charge in [0, 0.05) is 33.0 Å². The monoisotopic (exact) mass is 416 g/mol. The second kappa shape index (κ2) is 8.97. The standard InChI is InChI=1S/C24H24N4O3/c1-27-20-11-7-6-10-19(20)25-23(27)22(17-8-4-3-5-9-17)26-24(30)18-12-13-21(29)28(16-18)14-15-31-2/h3-13,16,22H,14-15H2,1-2H3,(H,26,30). The van der Waals surface area contributed by atoms with Crippen molar-refractivity contribution in [3.8, 4) is 0 Å². The molecule has 1 unspecified atom stereocenters. The van der Waals surface area contributed by atoms with Crippen LogP contribution in [0, 0.1) is 0 Å². The second-order valence-corrected chi connectivity index (χ2v) is 7.28. The first kappa shape index (κ1) is 20.6. The Morgan fingerprint density at radius 2 is 1.81 bits per heavy atom. The summed E-state index contributed by atoms with van der Waals surface area (Å²) in [6.45, 7) is 0.765. The van der Waals surface area contributed by atoms with E-state index in [1.165, 1.54) is 16.7 Å². The Hall–Kier alpha value is -3.71. The van der Waals surface area contributed by atoms with Crippen LogP contribution in [0.1, 0.15) is 27.8 Å². The van der Waals surface area contributed by atoms with Gasteiger partial charge in [-0.15, -0.1) is 0 Å². The molecule has 1 N–H and O–H groups in total. The largest absolute Gasteiger partial charge is 0.383 e. The van der Waals surface area contributed by atoms with Gasteiger partial charge in [0.25, 0.3) is 11.5 Å². The van der Waals surface area contributed by atoms with Gasteiger partial charge < -0.3 is 19.2 Å². The van der Waals surface area contributed by atoms with Crippen LogP contribution < -0.4 is 10.9 Å². The average Bonchev–Trinajstić information content (AvgIpc) is 3.13. The Morgan fingerprint density at radius 3 is 2.55 bits per heavy atom. The van der Waals surface area contributed by atoms with Crippen molar-refractivity contribution in [3.05, 3.63) is 100 Å². The van der Waals surface area contributed by atoms with Crippen molar-refractivity contribution in [2.75, 3.05) is 13.7 Å². The molecule has 2 aromatic carbocycles. The zero-order valence-corrected chi connectivity index (χ0v) is 17.5. The number of amides is 1. The Morgan fingerprint density at radius 1 is 1.06 bits per heavy atom. The summed E-state index contributed by atoms with van der Waals surface area (Å²) in [7, 11) is 3.51. The maximum atomic E-state index is 13.2. The van der Waals surface area contributed by atoms with Crippen LogP contribution in [-0.2, 0) is 18.3 Å². The fourth-order valence-electron chi connectivity index (χ4n) is 3.61. The van der Waals surface area contributed by atoms with Crippen LogP contribution >= 0.6 is 0 Å². The number of rotatable bonds is 7. The second-order valence-electron chi connectivity index (χ2n) is 7.28. The Balaban J connectivity index is 1.71. The molecule has 7 heteroatoms. The number of pyridine rings is 1. The highest BCUT2D eigenvalue weighted by Gasteiger charge is 2.23. The van der Waals surface area contributed by atoms with Gasteiger partial charge in [-0.25, -0.2) is 4.98 Å². The molecule has 0 aliphatic carbocycles. The third-order valence-electron chi connectivity index (χ3n) is 5.27. The van der Waals surface area contributed by atoms with Gasteiger partial charge in [-0.3, -0.25) is 9.59 Å². The van der Waals surface area contributed by atoms with Gasteiger partial charge in [-0.2, -0.15) is 0 Å². The number of carbonyl (C=O) groups is 1. The fourth-order valence-corrected chi connectivity index (χ4v) is 3.61. The molecular weight excluding hydrogens is 392 g/mol. The molecule has 0 radical (unpaired) electrons. The molecule has 7 nitrogen and oxygen atoms in total. The van der Waals surface area contributed by atoms with E-state index in [4.69, 9.17) is 9.72 Å². The highest BCUT2D eigenvalue weighted by atomic mass is 16.5. The molecule has 0 saturated carbocycles. The minimum absolute atomic E-state index is 0.177. The number of nitrogens with one attached hydrogen (secondary N) is 1. The molecule has 1 amide bonds. The lowest BCUT2D eigenvalue weighted by atomic mass is 10.1. The number of aromatic nitrogens is 3. The molecule has 0 aliphatic heterocycles. The topological polar surface area (TPSA) is 78.2 Å². The first-order chi connectivity index (χ1) is 15.1. The maximum absolute atomic E-state index is 13.2. The van der Waals surface area contributed by atoms with Crippen LogP contribution in [0.2, 0.25) is 0 Å². The lowest BCUT2D eigenvalue weighted by Crippen LogP contribution is -2.32. The lowest BCUT2D eigenvalue weighted by Gasteiger charge is -2.19. The summed E-state index contributed by atoms with van der Waals surface area (Å²) in [5.74, 6) is 0.445. The molecule has 158 valence electrons. The Labute approximate surface area is 179 Å². The molecule has 0 spiro atoms. The zero-order valence-electron chi connectivity index (χ0n) is 17.5.